The predicted molar refractivity (Wildman–Crippen MR) is 82.2 cm³/mol. The minimum Gasteiger partial charge on any atom is -0.377 e. The second-order valence-electron chi connectivity index (χ2n) is 6.34. The van der Waals surface area contributed by atoms with Crippen molar-refractivity contribution in [3.05, 3.63) is 55.0 Å². The summed E-state index contributed by atoms with van der Waals surface area (Å²) in [6, 6.07) is 14.9. The maximum atomic E-state index is 5.85. The van der Waals surface area contributed by atoms with Gasteiger partial charge in [0, 0.05) is 0 Å². The fourth-order valence-electron chi connectivity index (χ4n) is 2.14. The van der Waals surface area contributed by atoms with Gasteiger partial charge in [0.15, 0.2) is 0 Å². The van der Waals surface area contributed by atoms with Crippen molar-refractivity contribution < 1.29 is 4.74 Å². The van der Waals surface area contributed by atoms with Gasteiger partial charge < -0.3 is 4.74 Å². The summed E-state index contributed by atoms with van der Waals surface area (Å²) >= 11 is 0. The van der Waals surface area contributed by atoms with Crippen LogP contribution in [0.25, 0.3) is 10.8 Å². The van der Waals surface area contributed by atoms with E-state index in [0.717, 1.165) is 13.0 Å². The van der Waals surface area contributed by atoms with Crippen LogP contribution < -0.4 is 0 Å². The molecule has 2 rings (SSSR count). The van der Waals surface area contributed by atoms with Crippen LogP contribution >= 0.6 is 0 Å². The Labute approximate surface area is 116 Å². The summed E-state index contributed by atoms with van der Waals surface area (Å²) in [5, 5.41) is 2.58. The molecule has 0 N–H and O–H groups in total. The maximum absolute atomic E-state index is 5.85. The Morgan fingerprint density at radius 3 is 2.47 bits per heavy atom. The summed E-state index contributed by atoms with van der Waals surface area (Å²) in [7, 11) is 0. The number of benzene rings is 2. The van der Waals surface area contributed by atoms with Crippen molar-refractivity contribution in [3.63, 3.8) is 0 Å². The van der Waals surface area contributed by atoms with E-state index in [1.807, 2.05) is 0 Å². The molecule has 0 fully saturated rings. The summed E-state index contributed by atoms with van der Waals surface area (Å²) in [5.41, 5.74) is 1.50. The molecule has 2 aromatic carbocycles. The van der Waals surface area contributed by atoms with Gasteiger partial charge >= 0.3 is 0 Å². The van der Waals surface area contributed by atoms with Crippen LogP contribution in [-0.2, 0) is 11.2 Å². The first kappa shape index (κ1) is 14.1. The molecule has 0 heterocycles. The number of hydrogen-bond acceptors (Lipinski definition) is 1. The molecule has 0 bridgehead atoms. The molecule has 2 aromatic rings. The molecule has 1 heteroatoms. The van der Waals surface area contributed by atoms with E-state index in [1.54, 1.807) is 0 Å². The van der Waals surface area contributed by atoms with Crippen LogP contribution in [0.3, 0.4) is 0 Å². The Kier molecular flexibility index (Phi) is 4.26. The third-order valence-corrected chi connectivity index (χ3v) is 3.08. The van der Waals surface area contributed by atoms with Gasteiger partial charge in [0.2, 0.25) is 0 Å². The lowest BCUT2D eigenvalue weighted by molar-refractivity contribution is 0.0326. The molecule has 0 aliphatic heterocycles. The average molecular weight is 255 g/mol. The maximum Gasteiger partial charge on any atom is 0.0616 e. The van der Waals surface area contributed by atoms with Gasteiger partial charge in [-0.05, 0) is 35.1 Å². The topological polar surface area (TPSA) is 9.23 Å². The van der Waals surface area contributed by atoms with Crippen molar-refractivity contribution in [2.75, 3.05) is 6.61 Å². The molecule has 1 atom stereocenters. The number of rotatable bonds is 4. The van der Waals surface area contributed by atoms with Gasteiger partial charge in [-0.1, -0.05) is 63.2 Å². The fourth-order valence-corrected chi connectivity index (χ4v) is 2.14. The third-order valence-electron chi connectivity index (χ3n) is 3.08. The van der Waals surface area contributed by atoms with Crippen LogP contribution in [0.5, 0.6) is 0 Å². The molecule has 101 valence electrons. The minimum absolute atomic E-state index is 0.00466. The molecule has 1 unspecified atom stereocenters. The van der Waals surface area contributed by atoms with Crippen LogP contribution in [0.4, 0.5) is 0 Å². The minimum atomic E-state index is 0.00466. The number of ether oxygens (including phenoxy) is 1. The van der Waals surface area contributed by atoms with E-state index in [1.165, 1.54) is 16.3 Å². The first-order valence-corrected chi connectivity index (χ1v) is 6.87. The highest BCUT2D eigenvalue weighted by Crippen LogP contribution is 2.21. The number of hydrogen-bond donors (Lipinski definition) is 0. The third kappa shape index (κ3) is 4.07. The Balaban J connectivity index is 2.09. The highest BCUT2D eigenvalue weighted by Gasteiger charge is 2.13. The number of fused-ring (bicyclic) bond motifs is 1. The van der Waals surface area contributed by atoms with E-state index in [2.05, 4.69) is 70.2 Å². The predicted octanol–water partition coefficient (Wildman–Crippen LogP) is 4.65. The summed E-state index contributed by atoms with van der Waals surface area (Å²) in [5.74, 6) is 0. The Morgan fingerprint density at radius 2 is 1.74 bits per heavy atom. The van der Waals surface area contributed by atoms with Gasteiger partial charge in [-0.3, -0.25) is 0 Å². The van der Waals surface area contributed by atoms with Gasteiger partial charge in [0.25, 0.3) is 0 Å². The molecular formula is C18H23O. The van der Waals surface area contributed by atoms with Gasteiger partial charge in [-0.25, -0.2) is 0 Å². The molecule has 0 aliphatic carbocycles. The molecule has 1 nitrogen and oxygen atoms in total. The average Bonchev–Trinajstić information content (AvgIpc) is 2.36. The quantitative estimate of drug-likeness (QED) is 0.773. The van der Waals surface area contributed by atoms with E-state index in [0.29, 0.717) is 0 Å². The first-order valence-electron chi connectivity index (χ1n) is 6.87. The van der Waals surface area contributed by atoms with Gasteiger partial charge in [0.05, 0.1) is 12.7 Å². The molecule has 0 saturated carbocycles. The normalized spacial score (nSPS) is 13.7. The second-order valence-corrected chi connectivity index (χ2v) is 6.34. The zero-order chi connectivity index (χ0) is 13.9. The van der Waals surface area contributed by atoms with Crippen molar-refractivity contribution in [1.29, 1.82) is 0 Å². The zero-order valence-electron chi connectivity index (χ0n) is 12.1. The van der Waals surface area contributed by atoms with E-state index >= 15 is 0 Å². The van der Waals surface area contributed by atoms with Gasteiger partial charge in [-0.15, -0.1) is 0 Å². The largest absolute Gasteiger partial charge is 0.377 e. The van der Waals surface area contributed by atoms with E-state index in [9.17, 15) is 0 Å². The molecule has 0 amide bonds. The summed E-state index contributed by atoms with van der Waals surface area (Å²) in [4.78, 5) is 0. The Morgan fingerprint density at radius 1 is 1.05 bits per heavy atom. The lowest BCUT2D eigenvalue weighted by atomic mass is 9.98. The molecule has 0 aliphatic rings. The molecule has 0 aromatic heterocycles. The molecule has 19 heavy (non-hydrogen) atoms. The van der Waals surface area contributed by atoms with Gasteiger partial charge in [-0.2, -0.15) is 0 Å². The lowest BCUT2D eigenvalue weighted by Crippen LogP contribution is -2.21. The van der Waals surface area contributed by atoms with Crippen LogP contribution in [0.2, 0.25) is 0 Å². The monoisotopic (exact) mass is 255 g/mol. The van der Waals surface area contributed by atoms with Crippen LogP contribution in [0.1, 0.15) is 26.3 Å². The Bertz CT molecular complexity index is 531. The summed E-state index contributed by atoms with van der Waals surface area (Å²) in [6.07, 6.45) is 0.863. The smallest absolute Gasteiger partial charge is 0.0616 e. The fraction of sp³-hybridized carbons (Fsp3) is 0.389. The van der Waals surface area contributed by atoms with Crippen molar-refractivity contribution in [1.82, 2.24) is 0 Å². The molecule has 0 spiro atoms. The van der Waals surface area contributed by atoms with Crippen molar-refractivity contribution in [2.45, 2.75) is 33.3 Å². The second kappa shape index (κ2) is 5.75. The van der Waals surface area contributed by atoms with Crippen molar-refractivity contribution in [3.8, 4) is 0 Å². The van der Waals surface area contributed by atoms with E-state index < -0.39 is 0 Å². The van der Waals surface area contributed by atoms with E-state index in [4.69, 9.17) is 4.74 Å². The Hall–Kier alpha value is -1.34. The highest BCUT2D eigenvalue weighted by atomic mass is 16.5. The summed E-state index contributed by atoms with van der Waals surface area (Å²) in [6.45, 7) is 11.4. The lowest BCUT2D eigenvalue weighted by Gasteiger charge is -2.22. The summed E-state index contributed by atoms with van der Waals surface area (Å²) < 4.78 is 5.85. The van der Waals surface area contributed by atoms with Crippen LogP contribution in [-0.4, -0.2) is 12.7 Å². The van der Waals surface area contributed by atoms with Crippen LogP contribution in [0.15, 0.2) is 42.5 Å². The van der Waals surface area contributed by atoms with Crippen molar-refractivity contribution in [2.24, 2.45) is 5.41 Å². The molecule has 1 radical (unpaired) electrons. The first-order chi connectivity index (χ1) is 8.96. The van der Waals surface area contributed by atoms with Crippen molar-refractivity contribution >= 4 is 10.8 Å². The SMILES string of the molecule is [CH2]C(Cc1cccc2ccccc12)OCC(C)(C)C. The van der Waals surface area contributed by atoms with E-state index in [-0.39, 0.29) is 11.5 Å². The van der Waals surface area contributed by atoms with Crippen LogP contribution in [0, 0.1) is 12.3 Å². The highest BCUT2D eigenvalue weighted by molar-refractivity contribution is 5.85. The molecule has 0 saturated heterocycles. The standard InChI is InChI=1S/C18H23O/c1-14(19-13-18(2,3)4)12-16-10-7-9-15-8-5-6-11-17(15)16/h5-11,14H,1,12-13H2,2-4H3. The molecular weight excluding hydrogens is 232 g/mol. The zero-order valence-corrected chi connectivity index (χ0v) is 12.1. The van der Waals surface area contributed by atoms with Gasteiger partial charge in [0.1, 0.15) is 0 Å².